The lowest BCUT2D eigenvalue weighted by Crippen LogP contribution is -2.22. The van der Waals surface area contributed by atoms with Crippen molar-refractivity contribution >= 4 is 11.3 Å². The first-order valence-electron chi connectivity index (χ1n) is 5.74. The normalized spacial score (nSPS) is 11.6. The summed E-state index contributed by atoms with van der Waals surface area (Å²) in [5, 5.41) is 6.88. The van der Waals surface area contributed by atoms with Gasteiger partial charge in [0.2, 0.25) is 0 Å². The van der Waals surface area contributed by atoms with Crippen molar-refractivity contribution < 1.29 is 0 Å². The number of nitrogens with zero attached hydrogens (tertiary/aromatic N) is 1. The van der Waals surface area contributed by atoms with E-state index in [1.807, 2.05) is 0 Å². The second-order valence-corrected chi connectivity index (χ2v) is 5.61. The maximum atomic E-state index is 4.60. The third kappa shape index (κ3) is 4.76. The first-order valence-corrected chi connectivity index (χ1v) is 6.62. The van der Waals surface area contributed by atoms with Crippen LogP contribution in [0.3, 0.4) is 0 Å². The van der Waals surface area contributed by atoms with Crippen molar-refractivity contribution in [2.45, 2.75) is 40.0 Å². The zero-order chi connectivity index (χ0) is 11.3. The van der Waals surface area contributed by atoms with E-state index in [1.165, 1.54) is 10.7 Å². The van der Waals surface area contributed by atoms with E-state index in [0.29, 0.717) is 5.92 Å². The van der Waals surface area contributed by atoms with E-state index in [2.05, 4.69) is 43.4 Å². The molecule has 0 amide bonds. The number of hydrogen-bond donors (Lipinski definition) is 1. The lowest BCUT2D eigenvalue weighted by molar-refractivity contribution is 0.553. The van der Waals surface area contributed by atoms with Crippen LogP contribution in [-0.2, 0) is 6.42 Å². The minimum absolute atomic E-state index is 0.554. The summed E-state index contributed by atoms with van der Waals surface area (Å²) in [6.07, 6.45) is 1.06. The Labute approximate surface area is 97.1 Å². The SMILES string of the molecule is CC(C)CNCCc1nc(C(C)C)cs1. The van der Waals surface area contributed by atoms with Crippen LogP contribution in [-0.4, -0.2) is 18.1 Å². The molecule has 0 aliphatic rings. The molecular formula is C12H22N2S. The van der Waals surface area contributed by atoms with Crippen LogP contribution in [0.5, 0.6) is 0 Å². The molecule has 0 fully saturated rings. The summed E-state index contributed by atoms with van der Waals surface area (Å²) < 4.78 is 0. The Morgan fingerprint density at radius 2 is 2.07 bits per heavy atom. The highest BCUT2D eigenvalue weighted by molar-refractivity contribution is 7.09. The van der Waals surface area contributed by atoms with Crippen LogP contribution in [0, 0.1) is 5.92 Å². The molecular weight excluding hydrogens is 204 g/mol. The van der Waals surface area contributed by atoms with Gasteiger partial charge in [-0.15, -0.1) is 11.3 Å². The van der Waals surface area contributed by atoms with Gasteiger partial charge in [0.05, 0.1) is 10.7 Å². The highest BCUT2D eigenvalue weighted by Gasteiger charge is 2.04. The fourth-order valence-corrected chi connectivity index (χ4v) is 2.25. The van der Waals surface area contributed by atoms with Gasteiger partial charge in [-0.05, 0) is 18.4 Å². The molecule has 1 N–H and O–H groups in total. The molecule has 0 unspecified atom stereocenters. The zero-order valence-corrected chi connectivity index (χ0v) is 11.0. The average Bonchev–Trinajstić information content (AvgIpc) is 2.60. The molecule has 1 heterocycles. The standard InChI is InChI=1S/C12H22N2S/c1-9(2)7-13-6-5-12-14-11(8-15-12)10(3)4/h8-10,13H,5-7H2,1-4H3. The first-order chi connectivity index (χ1) is 7.09. The maximum absolute atomic E-state index is 4.60. The van der Waals surface area contributed by atoms with Crippen LogP contribution < -0.4 is 5.32 Å². The molecule has 0 saturated carbocycles. The Balaban J connectivity index is 2.26. The van der Waals surface area contributed by atoms with Crippen molar-refractivity contribution in [3.8, 4) is 0 Å². The van der Waals surface area contributed by atoms with E-state index in [1.54, 1.807) is 11.3 Å². The van der Waals surface area contributed by atoms with Gasteiger partial charge >= 0.3 is 0 Å². The van der Waals surface area contributed by atoms with Crippen LogP contribution in [0.2, 0.25) is 0 Å². The Morgan fingerprint density at radius 3 is 2.60 bits per heavy atom. The van der Waals surface area contributed by atoms with Gasteiger partial charge in [-0.2, -0.15) is 0 Å². The second kappa shape index (κ2) is 6.23. The highest BCUT2D eigenvalue weighted by atomic mass is 32.1. The van der Waals surface area contributed by atoms with Crippen LogP contribution in [0.1, 0.15) is 44.3 Å². The van der Waals surface area contributed by atoms with Crippen molar-refractivity contribution in [3.63, 3.8) is 0 Å². The quantitative estimate of drug-likeness (QED) is 0.754. The molecule has 0 aliphatic heterocycles. The van der Waals surface area contributed by atoms with Crippen molar-refractivity contribution in [2.24, 2.45) is 5.92 Å². The van der Waals surface area contributed by atoms with Crippen LogP contribution in [0.25, 0.3) is 0 Å². The molecule has 1 aromatic rings. The molecule has 0 bridgehead atoms. The average molecular weight is 226 g/mol. The Morgan fingerprint density at radius 1 is 1.33 bits per heavy atom. The molecule has 3 heteroatoms. The topological polar surface area (TPSA) is 24.9 Å². The van der Waals surface area contributed by atoms with Crippen molar-refractivity contribution in [1.29, 1.82) is 0 Å². The third-order valence-corrected chi connectivity index (χ3v) is 3.16. The number of nitrogens with one attached hydrogen (secondary N) is 1. The molecule has 15 heavy (non-hydrogen) atoms. The molecule has 1 aromatic heterocycles. The maximum Gasteiger partial charge on any atom is 0.0941 e. The number of hydrogen-bond acceptors (Lipinski definition) is 3. The zero-order valence-electron chi connectivity index (χ0n) is 10.2. The molecule has 0 atom stereocenters. The number of rotatable bonds is 6. The molecule has 0 radical (unpaired) electrons. The molecule has 0 saturated heterocycles. The molecule has 1 rings (SSSR count). The van der Waals surface area contributed by atoms with Gasteiger partial charge in [0.25, 0.3) is 0 Å². The lowest BCUT2D eigenvalue weighted by Gasteiger charge is -2.05. The lowest BCUT2D eigenvalue weighted by atomic mass is 10.2. The molecule has 86 valence electrons. The van der Waals surface area contributed by atoms with Crippen LogP contribution in [0.15, 0.2) is 5.38 Å². The van der Waals surface area contributed by atoms with Crippen LogP contribution in [0.4, 0.5) is 0 Å². The predicted molar refractivity (Wildman–Crippen MR) is 67.6 cm³/mol. The van der Waals surface area contributed by atoms with Gasteiger partial charge in [-0.25, -0.2) is 4.98 Å². The fourth-order valence-electron chi connectivity index (χ4n) is 1.29. The first kappa shape index (κ1) is 12.7. The van der Waals surface area contributed by atoms with E-state index in [0.717, 1.165) is 25.4 Å². The second-order valence-electron chi connectivity index (χ2n) is 4.67. The van der Waals surface area contributed by atoms with E-state index in [-0.39, 0.29) is 0 Å². The van der Waals surface area contributed by atoms with Crippen molar-refractivity contribution in [2.75, 3.05) is 13.1 Å². The Kier molecular flexibility index (Phi) is 5.26. The third-order valence-electron chi connectivity index (χ3n) is 2.23. The molecule has 0 spiro atoms. The van der Waals surface area contributed by atoms with Gasteiger partial charge in [-0.1, -0.05) is 27.7 Å². The Hall–Kier alpha value is -0.410. The van der Waals surface area contributed by atoms with E-state index < -0.39 is 0 Å². The largest absolute Gasteiger partial charge is 0.316 e. The molecule has 2 nitrogen and oxygen atoms in total. The molecule has 0 aliphatic carbocycles. The number of aromatic nitrogens is 1. The van der Waals surface area contributed by atoms with Crippen molar-refractivity contribution in [1.82, 2.24) is 10.3 Å². The van der Waals surface area contributed by atoms with Gasteiger partial charge < -0.3 is 5.32 Å². The minimum Gasteiger partial charge on any atom is -0.316 e. The van der Waals surface area contributed by atoms with Crippen LogP contribution >= 0.6 is 11.3 Å². The van der Waals surface area contributed by atoms with E-state index in [4.69, 9.17) is 0 Å². The van der Waals surface area contributed by atoms with Gasteiger partial charge in [0.15, 0.2) is 0 Å². The summed E-state index contributed by atoms with van der Waals surface area (Å²) in [5.74, 6) is 1.28. The summed E-state index contributed by atoms with van der Waals surface area (Å²) >= 11 is 1.79. The summed E-state index contributed by atoms with van der Waals surface area (Å²) in [6, 6.07) is 0. The van der Waals surface area contributed by atoms with E-state index in [9.17, 15) is 0 Å². The molecule has 0 aromatic carbocycles. The summed E-state index contributed by atoms with van der Waals surface area (Å²) in [5.41, 5.74) is 1.24. The van der Waals surface area contributed by atoms with Crippen molar-refractivity contribution in [3.05, 3.63) is 16.1 Å². The Bertz CT molecular complexity index is 279. The van der Waals surface area contributed by atoms with Gasteiger partial charge in [-0.3, -0.25) is 0 Å². The highest BCUT2D eigenvalue weighted by Crippen LogP contribution is 2.17. The van der Waals surface area contributed by atoms with Gasteiger partial charge in [0, 0.05) is 18.3 Å². The summed E-state index contributed by atoms with van der Waals surface area (Å²) in [6.45, 7) is 11.0. The predicted octanol–water partition coefficient (Wildman–Crippen LogP) is 3.05. The smallest absolute Gasteiger partial charge is 0.0941 e. The summed E-state index contributed by atoms with van der Waals surface area (Å²) in [7, 11) is 0. The summed E-state index contributed by atoms with van der Waals surface area (Å²) in [4.78, 5) is 4.60. The van der Waals surface area contributed by atoms with Gasteiger partial charge in [0.1, 0.15) is 0 Å². The number of thiazole rings is 1. The minimum atomic E-state index is 0.554. The fraction of sp³-hybridized carbons (Fsp3) is 0.750. The van der Waals surface area contributed by atoms with E-state index >= 15 is 0 Å². The monoisotopic (exact) mass is 226 g/mol.